The fourth-order valence-electron chi connectivity index (χ4n) is 2.48. The second-order valence-electron chi connectivity index (χ2n) is 5.11. The molecule has 1 heterocycles. The number of oxazole rings is 1. The van der Waals surface area contributed by atoms with E-state index in [9.17, 15) is 0 Å². The molecule has 4 rings (SSSR count). The Hall–Kier alpha value is -2.58. The van der Waals surface area contributed by atoms with Crippen LogP contribution in [0, 0.1) is 0 Å². The summed E-state index contributed by atoms with van der Waals surface area (Å²) in [4.78, 5) is 4.51. The minimum Gasteiger partial charge on any atom is -0.437 e. The van der Waals surface area contributed by atoms with E-state index in [0.29, 0.717) is 10.9 Å². The topological polar surface area (TPSA) is 26.0 Å². The van der Waals surface area contributed by atoms with Crippen LogP contribution in [0.4, 0.5) is 0 Å². The molecular weight excluding hydrogens is 294 g/mol. The molecule has 0 saturated carbocycles. The summed E-state index contributed by atoms with van der Waals surface area (Å²) in [7, 11) is 0. The molecule has 1 aromatic heterocycles. The highest BCUT2D eigenvalue weighted by Gasteiger charge is 2.05. The molecule has 2 nitrogen and oxygen atoms in total. The monoisotopic (exact) mass is 305 g/mol. The highest BCUT2D eigenvalue weighted by Crippen LogP contribution is 2.24. The van der Waals surface area contributed by atoms with Gasteiger partial charge in [0.25, 0.3) is 0 Å². The van der Waals surface area contributed by atoms with Gasteiger partial charge in [-0.15, -0.1) is 0 Å². The maximum absolute atomic E-state index is 5.98. The largest absolute Gasteiger partial charge is 0.437 e. The number of benzene rings is 3. The molecule has 0 aliphatic carbocycles. The molecule has 3 heteroatoms. The zero-order valence-electron chi connectivity index (χ0n) is 11.7. The van der Waals surface area contributed by atoms with Crippen molar-refractivity contribution in [3.05, 3.63) is 77.1 Å². The number of fused-ring (bicyclic) bond motifs is 2. The third-order valence-corrected chi connectivity index (χ3v) is 3.77. The van der Waals surface area contributed by atoms with Gasteiger partial charge in [-0.2, -0.15) is 0 Å². The summed E-state index contributed by atoms with van der Waals surface area (Å²) >= 11 is 5.98. The van der Waals surface area contributed by atoms with Crippen LogP contribution in [-0.2, 0) is 0 Å². The zero-order chi connectivity index (χ0) is 14.9. The molecule has 0 spiro atoms. The van der Waals surface area contributed by atoms with Crippen LogP contribution in [0.15, 0.2) is 65.1 Å². The van der Waals surface area contributed by atoms with Crippen LogP contribution in [0.25, 0.3) is 34.0 Å². The van der Waals surface area contributed by atoms with Gasteiger partial charge in [-0.25, -0.2) is 4.98 Å². The summed E-state index contributed by atoms with van der Waals surface area (Å²) in [5.74, 6) is 0.588. The van der Waals surface area contributed by atoms with Crippen molar-refractivity contribution in [2.24, 2.45) is 0 Å². The molecule has 0 atom stereocenters. The van der Waals surface area contributed by atoms with Gasteiger partial charge in [0, 0.05) is 11.1 Å². The van der Waals surface area contributed by atoms with Crippen molar-refractivity contribution in [3.8, 4) is 0 Å². The van der Waals surface area contributed by atoms with Crippen LogP contribution in [0.1, 0.15) is 11.5 Å². The zero-order valence-corrected chi connectivity index (χ0v) is 12.4. The SMILES string of the molecule is Clc1cccc(/C=C/c2nc3cc4ccccc4cc3o2)c1. The summed E-state index contributed by atoms with van der Waals surface area (Å²) < 4.78 is 5.80. The van der Waals surface area contributed by atoms with Crippen molar-refractivity contribution in [1.29, 1.82) is 0 Å². The van der Waals surface area contributed by atoms with Gasteiger partial charge in [-0.3, -0.25) is 0 Å². The highest BCUT2D eigenvalue weighted by atomic mass is 35.5. The Kier molecular flexibility index (Phi) is 3.17. The quantitative estimate of drug-likeness (QED) is 0.467. The maximum atomic E-state index is 5.98. The van der Waals surface area contributed by atoms with Crippen molar-refractivity contribution in [3.63, 3.8) is 0 Å². The Morgan fingerprint density at radius 3 is 2.50 bits per heavy atom. The van der Waals surface area contributed by atoms with Gasteiger partial charge in [-0.1, -0.05) is 48.0 Å². The van der Waals surface area contributed by atoms with Gasteiger partial charge in [0.1, 0.15) is 5.52 Å². The lowest BCUT2D eigenvalue weighted by atomic mass is 10.1. The van der Waals surface area contributed by atoms with Gasteiger partial charge in [0.15, 0.2) is 5.58 Å². The van der Waals surface area contributed by atoms with Crippen LogP contribution >= 0.6 is 11.6 Å². The average Bonchev–Trinajstić information content (AvgIpc) is 2.92. The molecule has 22 heavy (non-hydrogen) atoms. The first-order valence-corrected chi connectivity index (χ1v) is 7.39. The Morgan fingerprint density at radius 1 is 0.864 bits per heavy atom. The molecule has 0 aliphatic rings. The van der Waals surface area contributed by atoms with Crippen LogP contribution in [0.5, 0.6) is 0 Å². The predicted molar refractivity (Wildman–Crippen MR) is 91.9 cm³/mol. The highest BCUT2D eigenvalue weighted by molar-refractivity contribution is 6.30. The number of nitrogens with zero attached hydrogens (tertiary/aromatic N) is 1. The van der Waals surface area contributed by atoms with E-state index in [4.69, 9.17) is 16.0 Å². The first kappa shape index (κ1) is 13.1. The standard InChI is InChI=1S/C19H12ClNO/c20-16-7-3-4-13(10-16)8-9-19-21-17-11-14-5-1-2-6-15(14)12-18(17)22-19/h1-12H/b9-8+. The molecule has 0 radical (unpaired) electrons. The number of rotatable bonds is 2. The van der Waals surface area contributed by atoms with Gasteiger partial charge < -0.3 is 4.42 Å². The Labute approximate surface area is 132 Å². The first-order chi connectivity index (χ1) is 10.8. The summed E-state index contributed by atoms with van der Waals surface area (Å²) in [5.41, 5.74) is 2.67. The van der Waals surface area contributed by atoms with Crippen molar-refractivity contribution in [2.45, 2.75) is 0 Å². The molecule has 0 amide bonds. The summed E-state index contributed by atoms with van der Waals surface area (Å²) in [6.45, 7) is 0. The van der Waals surface area contributed by atoms with E-state index >= 15 is 0 Å². The molecule has 3 aromatic carbocycles. The van der Waals surface area contributed by atoms with E-state index in [1.54, 1.807) is 0 Å². The van der Waals surface area contributed by atoms with Crippen molar-refractivity contribution < 1.29 is 4.42 Å². The number of aromatic nitrogens is 1. The third-order valence-electron chi connectivity index (χ3n) is 3.54. The minimum atomic E-state index is 0.588. The lowest BCUT2D eigenvalue weighted by Crippen LogP contribution is -1.73. The van der Waals surface area contributed by atoms with Crippen LogP contribution < -0.4 is 0 Å². The molecular formula is C19H12ClNO. The molecule has 0 N–H and O–H groups in total. The minimum absolute atomic E-state index is 0.588. The third kappa shape index (κ3) is 2.49. The van der Waals surface area contributed by atoms with Crippen LogP contribution in [0.2, 0.25) is 5.02 Å². The van der Waals surface area contributed by atoms with Crippen molar-refractivity contribution in [2.75, 3.05) is 0 Å². The molecule has 0 saturated heterocycles. The van der Waals surface area contributed by atoms with E-state index in [0.717, 1.165) is 27.4 Å². The lowest BCUT2D eigenvalue weighted by Gasteiger charge is -1.94. The van der Waals surface area contributed by atoms with Crippen molar-refractivity contribution in [1.82, 2.24) is 4.98 Å². The second kappa shape index (κ2) is 5.32. The van der Waals surface area contributed by atoms with E-state index in [2.05, 4.69) is 17.1 Å². The molecule has 4 aromatic rings. The Morgan fingerprint density at radius 2 is 1.68 bits per heavy atom. The summed E-state index contributed by atoms with van der Waals surface area (Å²) in [6, 6.07) is 19.9. The number of hydrogen-bond donors (Lipinski definition) is 0. The van der Waals surface area contributed by atoms with E-state index in [-0.39, 0.29) is 0 Å². The van der Waals surface area contributed by atoms with Gasteiger partial charge in [0.2, 0.25) is 5.89 Å². The molecule has 0 fully saturated rings. The second-order valence-corrected chi connectivity index (χ2v) is 5.54. The fraction of sp³-hybridized carbons (Fsp3) is 0. The Balaban J connectivity index is 1.74. The predicted octanol–water partition coefficient (Wildman–Crippen LogP) is 5.80. The van der Waals surface area contributed by atoms with Gasteiger partial charge in [0.05, 0.1) is 0 Å². The van der Waals surface area contributed by atoms with Crippen LogP contribution in [0.3, 0.4) is 0 Å². The number of hydrogen-bond acceptors (Lipinski definition) is 2. The summed E-state index contributed by atoms with van der Waals surface area (Å²) in [5, 5.41) is 3.02. The molecule has 106 valence electrons. The smallest absolute Gasteiger partial charge is 0.220 e. The molecule has 0 unspecified atom stereocenters. The van der Waals surface area contributed by atoms with Gasteiger partial charge >= 0.3 is 0 Å². The molecule has 0 aliphatic heterocycles. The first-order valence-electron chi connectivity index (χ1n) is 7.01. The van der Waals surface area contributed by atoms with Crippen LogP contribution in [-0.4, -0.2) is 4.98 Å². The normalized spacial score (nSPS) is 11.7. The lowest BCUT2D eigenvalue weighted by molar-refractivity contribution is 0.590. The van der Waals surface area contributed by atoms with Crippen molar-refractivity contribution >= 4 is 45.6 Å². The average molecular weight is 306 g/mol. The van der Waals surface area contributed by atoms with E-state index < -0.39 is 0 Å². The number of halogens is 1. The maximum Gasteiger partial charge on any atom is 0.220 e. The summed E-state index contributed by atoms with van der Waals surface area (Å²) in [6.07, 6.45) is 3.80. The Bertz CT molecular complexity index is 948. The van der Waals surface area contributed by atoms with Gasteiger partial charge in [-0.05, 0) is 46.7 Å². The van der Waals surface area contributed by atoms with E-state index in [1.807, 2.05) is 60.7 Å². The molecule has 0 bridgehead atoms. The fourth-order valence-corrected chi connectivity index (χ4v) is 2.68. The van der Waals surface area contributed by atoms with E-state index in [1.165, 1.54) is 0 Å².